The lowest BCUT2D eigenvalue weighted by Gasteiger charge is -2.07. The van der Waals surface area contributed by atoms with Gasteiger partial charge in [-0.3, -0.25) is 0 Å². The number of nitrogens with zero attached hydrogens (tertiary/aromatic N) is 2. The number of hydrogen-bond donors (Lipinski definition) is 0. The fourth-order valence-electron chi connectivity index (χ4n) is 2.02. The molecule has 0 saturated carbocycles. The highest BCUT2D eigenvalue weighted by Gasteiger charge is 2.20. The number of fused-ring (bicyclic) bond motifs is 1. The molecule has 2 heterocycles. The molecule has 0 atom stereocenters. The Hall–Kier alpha value is -1.68. The van der Waals surface area contributed by atoms with Crippen molar-refractivity contribution in [3.05, 3.63) is 40.4 Å². The summed E-state index contributed by atoms with van der Waals surface area (Å²) in [5.74, 6) is 0.704. The van der Waals surface area contributed by atoms with Crippen molar-refractivity contribution in [3.8, 4) is 17.1 Å². The van der Waals surface area contributed by atoms with E-state index in [9.17, 15) is 4.39 Å². The molecule has 0 aliphatic carbocycles. The summed E-state index contributed by atoms with van der Waals surface area (Å²) in [5.41, 5.74) is 1.88. The minimum Gasteiger partial charge on any atom is -0.489 e. The van der Waals surface area contributed by atoms with Gasteiger partial charge in [0.05, 0.1) is 23.6 Å². The predicted molar refractivity (Wildman–Crippen MR) is 77.7 cm³/mol. The van der Waals surface area contributed by atoms with Crippen LogP contribution in [-0.4, -0.2) is 16.6 Å². The highest BCUT2D eigenvalue weighted by Crippen LogP contribution is 2.30. The lowest BCUT2D eigenvalue weighted by Crippen LogP contribution is -1.98. The summed E-state index contributed by atoms with van der Waals surface area (Å²) in [6.07, 6.45) is 0.730. The molecule has 1 aliphatic rings. The second-order valence-electron chi connectivity index (χ2n) is 4.13. The SMILES string of the molecule is CC.Cc1nc(-c2cc(Cl)ccc2F)nc2c1OCC2. The Bertz CT molecular complexity index is 632. The molecule has 1 aromatic heterocycles. The third-order valence-electron chi connectivity index (χ3n) is 2.86. The second kappa shape index (κ2) is 6.18. The first-order chi connectivity index (χ1) is 9.65. The fraction of sp³-hybridized carbons (Fsp3) is 0.333. The van der Waals surface area contributed by atoms with Crippen LogP contribution < -0.4 is 4.74 Å². The number of halogens is 2. The van der Waals surface area contributed by atoms with E-state index in [0.29, 0.717) is 23.0 Å². The van der Waals surface area contributed by atoms with Gasteiger partial charge >= 0.3 is 0 Å². The summed E-state index contributed by atoms with van der Waals surface area (Å²) < 4.78 is 19.2. The van der Waals surface area contributed by atoms with Gasteiger partial charge in [0, 0.05) is 11.4 Å². The normalized spacial score (nSPS) is 12.2. The Kier molecular flexibility index (Phi) is 4.55. The number of ether oxygens (including phenoxy) is 1. The number of rotatable bonds is 1. The molecule has 0 bridgehead atoms. The fourth-order valence-corrected chi connectivity index (χ4v) is 2.19. The van der Waals surface area contributed by atoms with Gasteiger partial charge < -0.3 is 4.74 Å². The van der Waals surface area contributed by atoms with Crippen molar-refractivity contribution in [1.82, 2.24) is 9.97 Å². The molecule has 0 spiro atoms. The molecule has 1 aromatic carbocycles. The highest BCUT2D eigenvalue weighted by atomic mass is 35.5. The average Bonchev–Trinajstić information content (AvgIpc) is 2.92. The lowest BCUT2D eigenvalue weighted by molar-refractivity contribution is 0.353. The van der Waals surface area contributed by atoms with E-state index in [1.54, 1.807) is 0 Å². The number of aryl methyl sites for hydroxylation is 1. The molecular weight excluding hydrogens is 279 g/mol. The Labute approximate surface area is 122 Å². The van der Waals surface area contributed by atoms with Gasteiger partial charge in [-0.15, -0.1) is 0 Å². The molecule has 0 N–H and O–H groups in total. The largest absolute Gasteiger partial charge is 0.489 e. The van der Waals surface area contributed by atoms with Crippen LogP contribution in [0.25, 0.3) is 11.4 Å². The zero-order chi connectivity index (χ0) is 14.7. The van der Waals surface area contributed by atoms with E-state index < -0.39 is 0 Å². The van der Waals surface area contributed by atoms with Crippen LogP contribution in [-0.2, 0) is 6.42 Å². The van der Waals surface area contributed by atoms with Crippen molar-refractivity contribution in [2.45, 2.75) is 27.2 Å². The summed E-state index contributed by atoms with van der Waals surface area (Å²) in [6, 6.07) is 4.36. The van der Waals surface area contributed by atoms with Gasteiger partial charge in [0.25, 0.3) is 0 Å². The molecular formula is C15H16ClFN2O. The molecule has 1 aliphatic heterocycles. The van der Waals surface area contributed by atoms with Gasteiger partial charge in [0.1, 0.15) is 5.82 Å². The summed E-state index contributed by atoms with van der Waals surface area (Å²) in [7, 11) is 0. The lowest BCUT2D eigenvalue weighted by atomic mass is 10.2. The van der Waals surface area contributed by atoms with Crippen LogP contribution in [0.2, 0.25) is 5.02 Å². The Morgan fingerprint density at radius 2 is 2.00 bits per heavy atom. The molecule has 106 valence electrons. The Balaban J connectivity index is 0.000000704. The van der Waals surface area contributed by atoms with Crippen molar-refractivity contribution in [2.75, 3.05) is 6.61 Å². The van der Waals surface area contributed by atoms with Gasteiger partial charge in [-0.1, -0.05) is 25.4 Å². The van der Waals surface area contributed by atoms with Gasteiger partial charge in [-0.25, -0.2) is 14.4 Å². The maximum absolute atomic E-state index is 13.8. The standard InChI is InChI=1S/C13H10ClFN2O.C2H6/c1-7-12-11(4-5-18-12)17-13(16-7)9-6-8(14)2-3-10(9)15;1-2/h2-3,6H,4-5H2,1H3;1-2H3. The minimum atomic E-state index is -0.377. The molecule has 3 rings (SSSR count). The average molecular weight is 295 g/mol. The van der Waals surface area contributed by atoms with Crippen molar-refractivity contribution < 1.29 is 9.13 Å². The Morgan fingerprint density at radius 1 is 1.25 bits per heavy atom. The maximum atomic E-state index is 13.8. The van der Waals surface area contributed by atoms with E-state index in [0.717, 1.165) is 23.6 Å². The number of aromatic nitrogens is 2. The Morgan fingerprint density at radius 3 is 2.75 bits per heavy atom. The molecule has 0 fully saturated rings. The summed E-state index contributed by atoms with van der Waals surface area (Å²) >= 11 is 5.88. The van der Waals surface area contributed by atoms with Gasteiger partial charge in [0.2, 0.25) is 0 Å². The smallest absolute Gasteiger partial charge is 0.162 e. The van der Waals surface area contributed by atoms with Crippen molar-refractivity contribution in [1.29, 1.82) is 0 Å². The van der Waals surface area contributed by atoms with E-state index in [-0.39, 0.29) is 5.82 Å². The summed E-state index contributed by atoms with van der Waals surface area (Å²) in [4.78, 5) is 8.63. The first-order valence-electron chi connectivity index (χ1n) is 6.61. The van der Waals surface area contributed by atoms with Gasteiger partial charge in [-0.05, 0) is 25.1 Å². The molecule has 0 radical (unpaired) electrons. The van der Waals surface area contributed by atoms with Gasteiger partial charge in [0.15, 0.2) is 11.6 Å². The monoisotopic (exact) mass is 294 g/mol. The molecule has 5 heteroatoms. The molecule has 3 nitrogen and oxygen atoms in total. The van der Waals surface area contributed by atoms with E-state index >= 15 is 0 Å². The van der Waals surface area contributed by atoms with E-state index in [1.807, 2.05) is 20.8 Å². The quantitative estimate of drug-likeness (QED) is 0.790. The summed E-state index contributed by atoms with van der Waals surface area (Å²) in [5, 5.41) is 0.462. The van der Waals surface area contributed by atoms with E-state index in [1.165, 1.54) is 18.2 Å². The number of hydrogen-bond acceptors (Lipinski definition) is 3. The van der Waals surface area contributed by atoms with Crippen LogP contribution in [0.5, 0.6) is 5.75 Å². The minimum absolute atomic E-state index is 0.320. The van der Waals surface area contributed by atoms with Crippen LogP contribution in [0.15, 0.2) is 18.2 Å². The van der Waals surface area contributed by atoms with Crippen molar-refractivity contribution in [2.24, 2.45) is 0 Å². The summed E-state index contributed by atoms with van der Waals surface area (Å²) in [6.45, 7) is 6.43. The first kappa shape index (κ1) is 14.7. The molecule has 0 unspecified atom stereocenters. The second-order valence-corrected chi connectivity index (χ2v) is 4.57. The van der Waals surface area contributed by atoms with Crippen LogP contribution in [0, 0.1) is 12.7 Å². The maximum Gasteiger partial charge on any atom is 0.162 e. The van der Waals surface area contributed by atoms with Gasteiger partial charge in [-0.2, -0.15) is 0 Å². The first-order valence-corrected chi connectivity index (χ1v) is 6.98. The predicted octanol–water partition coefficient (Wildman–Crippen LogP) is 4.21. The van der Waals surface area contributed by atoms with Crippen LogP contribution >= 0.6 is 11.6 Å². The topological polar surface area (TPSA) is 35.0 Å². The third kappa shape index (κ3) is 2.75. The molecule has 2 aromatic rings. The van der Waals surface area contributed by atoms with Crippen LogP contribution in [0.1, 0.15) is 25.2 Å². The molecule has 0 saturated heterocycles. The van der Waals surface area contributed by atoms with Crippen molar-refractivity contribution in [3.63, 3.8) is 0 Å². The number of benzene rings is 1. The highest BCUT2D eigenvalue weighted by molar-refractivity contribution is 6.30. The molecule has 0 amide bonds. The third-order valence-corrected chi connectivity index (χ3v) is 3.09. The van der Waals surface area contributed by atoms with Crippen LogP contribution in [0.3, 0.4) is 0 Å². The van der Waals surface area contributed by atoms with E-state index in [2.05, 4.69) is 9.97 Å². The zero-order valence-electron chi connectivity index (χ0n) is 11.7. The van der Waals surface area contributed by atoms with Crippen LogP contribution in [0.4, 0.5) is 4.39 Å². The zero-order valence-corrected chi connectivity index (χ0v) is 12.5. The van der Waals surface area contributed by atoms with E-state index in [4.69, 9.17) is 16.3 Å². The van der Waals surface area contributed by atoms with Crippen molar-refractivity contribution >= 4 is 11.6 Å². The molecule has 20 heavy (non-hydrogen) atoms.